The van der Waals surface area contributed by atoms with Crippen molar-refractivity contribution < 1.29 is 23.1 Å². The molecule has 0 amide bonds. The Balaban J connectivity index is 0.000000396. The van der Waals surface area contributed by atoms with Gasteiger partial charge >= 0.3 is 17.8 Å². The maximum Gasteiger partial charge on any atom is 0.490 e. The van der Waals surface area contributed by atoms with Crippen LogP contribution >= 0.6 is 0 Å². The topological polar surface area (TPSA) is 105 Å². The number of carboxylic acids is 1. The van der Waals surface area contributed by atoms with E-state index in [0.717, 1.165) is 32.0 Å². The smallest absolute Gasteiger partial charge is 0.475 e. The minimum atomic E-state index is -5.08. The quantitative estimate of drug-likeness (QED) is 0.683. The average molecular weight is 424 g/mol. The number of anilines is 1. The van der Waals surface area contributed by atoms with E-state index in [-0.39, 0.29) is 12.2 Å². The molecule has 0 unspecified atom stereocenters. The van der Waals surface area contributed by atoms with Gasteiger partial charge in [0.2, 0.25) is 0 Å². The van der Waals surface area contributed by atoms with Crippen LogP contribution in [0.2, 0.25) is 0 Å². The van der Waals surface area contributed by atoms with Crippen LogP contribution < -0.4 is 15.9 Å². The Labute approximate surface area is 169 Å². The molecule has 160 valence electrons. The van der Waals surface area contributed by atoms with Crippen molar-refractivity contribution in [1.82, 2.24) is 24.4 Å². The van der Waals surface area contributed by atoms with Gasteiger partial charge in [0.25, 0.3) is 0 Å². The Kier molecular flexibility index (Phi) is 7.44. The highest BCUT2D eigenvalue weighted by Gasteiger charge is 2.38. The van der Waals surface area contributed by atoms with Gasteiger partial charge in [-0.2, -0.15) is 13.2 Å². The van der Waals surface area contributed by atoms with Crippen LogP contribution in [0.4, 0.5) is 19.0 Å². The van der Waals surface area contributed by atoms with E-state index < -0.39 is 12.1 Å². The lowest BCUT2D eigenvalue weighted by Crippen LogP contribution is -2.44. The van der Waals surface area contributed by atoms with E-state index in [4.69, 9.17) is 16.3 Å². The lowest BCUT2D eigenvalue weighted by Gasteiger charge is -2.28. The third kappa shape index (κ3) is 5.10. The zero-order chi connectivity index (χ0) is 22.3. The summed E-state index contributed by atoms with van der Waals surface area (Å²) in [6, 6.07) is 0. The molecule has 1 aliphatic heterocycles. The molecule has 2 aromatic rings. The molecule has 0 aliphatic carbocycles. The Bertz CT molecular complexity index is 1070. The average Bonchev–Trinajstić information content (AvgIpc) is 2.98. The second kappa shape index (κ2) is 9.80. The summed E-state index contributed by atoms with van der Waals surface area (Å²) in [6.07, 6.45) is 1.81. The molecule has 12 heteroatoms. The van der Waals surface area contributed by atoms with Gasteiger partial charge in [0.05, 0.1) is 13.1 Å². The minimum absolute atomic E-state index is 0.180. The fraction of sp³-hybridized carbons (Fsp3) is 0.444. The van der Waals surface area contributed by atoms with Gasteiger partial charge in [-0.05, 0) is 6.92 Å². The number of carbonyl (C=O) groups is 1. The molecular weight excluding hydrogens is 405 g/mol. The molecule has 2 aromatic heterocycles. The van der Waals surface area contributed by atoms with E-state index in [2.05, 4.69) is 37.9 Å². The number of aromatic nitrogens is 4. The van der Waals surface area contributed by atoms with Crippen molar-refractivity contribution >= 4 is 23.0 Å². The second-order valence-electron chi connectivity index (χ2n) is 6.00. The number of aliphatic carboxylic acids is 1. The lowest BCUT2D eigenvalue weighted by molar-refractivity contribution is -0.192. The largest absolute Gasteiger partial charge is 0.490 e. The molecule has 30 heavy (non-hydrogen) atoms. The normalized spacial score (nSPS) is 13.6. The van der Waals surface area contributed by atoms with Crippen molar-refractivity contribution in [2.75, 3.05) is 31.1 Å². The number of carboxylic acid groups (broad SMARTS) is 1. The summed E-state index contributed by atoms with van der Waals surface area (Å²) in [5.74, 6) is 6.29. The van der Waals surface area contributed by atoms with Gasteiger partial charge in [0.15, 0.2) is 11.5 Å². The first-order chi connectivity index (χ1) is 14.2. The van der Waals surface area contributed by atoms with Gasteiger partial charge in [-0.15, -0.1) is 12.3 Å². The zero-order valence-corrected chi connectivity index (χ0v) is 16.0. The van der Waals surface area contributed by atoms with E-state index in [1.54, 1.807) is 11.5 Å². The first-order valence-corrected chi connectivity index (χ1v) is 8.75. The van der Waals surface area contributed by atoms with Crippen molar-refractivity contribution in [2.24, 2.45) is 0 Å². The number of fused-ring (bicyclic) bond motifs is 1. The molecule has 3 heterocycles. The standard InChI is InChI=1S/C16H18N6O.C2HF3O2/c1-3-5-9-21-13-14(20-10-6-17-7-11-20)18-12-19-15(13)22(8-4-2)16(21)23;3-2(4,5)1(6)7/h2,12,17H,6-11H2,1H3;(H,6,7). The second-order valence-corrected chi connectivity index (χ2v) is 6.00. The Hall–Kier alpha value is -3.51. The van der Waals surface area contributed by atoms with E-state index in [9.17, 15) is 18.0 Å². The molecule has 1 saturated heterocycles. The molecule has 2 N–H and O–H groups in total. The summed E-state index contributed by atoms with van der Waals surface area (Å²) in [5.41, 5.74) is 1.07. The SMILES string of the molecule is C#CCn1c(=O)n(CC#CC)c2c(N3CCNCC3)ncnc21.O=C(O)C(F)(F)F. The predicted octanol–water partition coefficient (Wildman–Crippen LogP) is 0.292. The van der Waals surface area contributed by atoms with Crippen molar-refractivity contribution in [3.8, 4) is 24.2 Å². The molecule has 0 spiro atoms. The number of rotatable bonds is 3. The Morgan fingerprint density at radius 2 is 1.90 bits per heavy atom. The highest BCUT2D eigenvalue weighted by atomic mass is 19.4. The summed E-state index contributed by atoms with van der Waals surface area (Å²) in [6.45, 7) is 5.67. The molecule has 0 saturated carbocycles. The fourth-order valence-electron chi connectivity index (χ4n) is 2.78. The summed E-state index contributed by atoms with van der Waals surface area (Å²) < 4.78 is 34.8. The predicted molar refractivity (Wildman–Crippen MR) is 103 cm³/mol. The summed E-state index contributed by atoms with van der Waals surface area (Å²) in [4.78, 5) is 32.5. The lowest BCUT2D eigenvalue weighted by atomic mass is 10.3. The molecule has 0 atom stereocenters. The monoisotopic (exact) mass is 424 g/mol. The maximum absolute atomic E-state index is 12.7. The van der Waals surface area contributed by atoms with Crippen LogP contribution in [-0.2, 0) is 17.9 Å². The van der Waals surface area contributed by atoms with Crippen molar-refractivity contribution in [2.45, 2.75) is 26.2 Å². The first-order valence-electron chi connectivity index (χ1n) is 8.75. The van der Waals surface area contributed by atoms with Crippen LogP contribution in [0, 0.1) is 24.2 Å². The van der Waals surface area contributed by atoms with E-state index >= 15 is 0 Å². The van der Waals surface area contributed by atoms with Gasteiger partial charge in [-0.25, -0.2) is 19.6 Å². The van der Waals surface area contributed by atoms with Crippen LogP contribution in [0.25, 0.3) is 11.2 Å². The number of terminal acetylenes is 1. The molecule has 0 bridgehead atoms. The van der Waals surface area contributed by atoms with Crippen molar-refractivity contribution in [1.29, 1.82) is 0 Å². The molecule has 0 aromatic carbocycles. The first kappa shape index (κ1) is 22.8. The van der Waals surface area contributed by atoms with Gasteiger partial charge in [0.1, 0.15) is 11.8 Å². The van der Waals surface area contributed by atoms with Gasteiger partial charge in [-0.3, -0.25) is 9.13 Å². The number of nitrogens with zero attached hydrogens (tertiary/aromatic N) is 5. The number of imidazole rings is 1. The third-order valence-electron chi connectivity index (χ3n) is 4.09. The molecule has 3 rings (SSSR count). The maximum atomic E-state index is 12.7. The number of hydrogen-bond acceptors (Lipinski definition) is 6. The van der Waals surface area contributed by atoms with Gasteiger partial charge in [0, 0.05) is 26.2 Å². The van der Waals surface area contributed by atoms with Gasteiger partial charge in [-0.1, -0.05) is 11.8 Å². The molecule has 0 radical (unpaired) electrons. The molecule has 1 aliphatic rings. The minimum Gasteiger partial charge on any atom is -0.475 e. The zero-order valence-electron chi connectivity index (χ0n) is 16.0. The van der Waals surface area contributed by atoms with Crippen LogP contribution in [0.1, 0.15) is 6.92 Å². The van der Waals surface area contributed by atoms with E-state index in [1.807, 2.05) is 0 Å². The summed E-state index contributed by atoms with van der Waals surface area (Å²) >= 11 is 0. The number of nitrogens with one attached hydrogen (secondary N) is 1. The summed E-state index contributed by atoms with van der Waals surface area (Å²) in [5, 5.41) is 10.4. The van der Waals surface area contributed by atoms with Crippen LogP contribution in [0.5, 0.6) is 0 Å². The highest BCUT2D eigenvalue weighted by molar-refractivity contribution is 5.84. The van der Waals surface area contributed by atoms with Gasteiger partial charge < -0.3 is 15.3 Å². The molecular formula is C18H19F3N6O3. The summed E-state index contributed by atoms with van der Waals surface area (Å²) in [7, 11) is 0. The molecule has 1 fully saturated rings. The van der Waals surface area contributed by atoms with E-state index in [1.165, 1.54) is 10.9 Å². The number of halogens is 3. The van der Waals surface area contributed by atoms with Crippen LogP contribution in [0.15, 0.2) is 11.1 Å². The third-order valence-corrected chi connectivity index (χ3v) is 4.09. The van der Waals surface area contributed by atoms with Crippen LogP contribution in [-0.4, -0.2) is 62.5 Å². The number of alkyl halides is 3. The fourth-order valence-corrected chi connectivity index (χ4v) is 2.78. The van der Waals surface area contributed by atoms with Crippen molar-refractivity contribution in [3.05, 3.63) is 16.8 Å². The number of piperazine rings is 1. The Morgan fingerprint density at radius 1 is 1.27 bits per heavy atom. The highest BCUT2D eigenvalue weighted by Crippen LogP contribution is 2.22. The van der Waals surface area contributed by atoms with Crippen molar-refractivity contribution in [3.63, 3.8) is 0 Å². The number of hydrogen-bond donors (Lipinski definition) is 2. The Morgan fingerprint density at radius 3 is 2.43 bits per heavy atom. The van der Waals surface area contributed by atoms with E-state index in [0.29, 0.717) is 17.7 Å². The molecule has 9 nitrogen and oxygen atoms in total. The van der Waals surface area contributed by atoms with Crippen LogP contribution in [0.3, 0.4) is 0 Å².